The fourth-order valence-electron chi connectivity index (χ4n) is 1.61. The molecular weight excluding hydrogens is 282 g/mol. The summed E-state index contributed by atoms with van der Waals surface area (Å²) in [6.45, 7) is 1.67. The number of aryl methyl sites for hydroxylation is 1. The fraction of sp³-hybridized carbons (Fsp3) is 0.167. The Morgan fingerprint density at radius 3 is 2.80 bits per heavy atom. The topological polar surface area (TPSA) is 98.3 Å². The van der Waals surface area contributed by atoms with Gasteiger partial charge in [0.15, 0.2) is 5.03 Å². The Balaban J connectivity index is 2.42. The van der Waals surface area contributed by atoms with E-state index in [0.29, 0.717) is 15.7 Å². The van der Waals surface area contributed by atoms with E-state index in [9.17, 15) is 14.9 Å². The molecule has 1 N–H and O–H groups in total. The molecule has 20 heavy (non-hydrogen) atoms. The molecule has 0 aliphatic heterocycles. The van der Waals surface area contributed by atoms with Gasteiger partial charge in [0.05, 0.1) is 5.56 Å². The van der Waals surface area contributed by atoms with Crippen LogP contribution in [0.4, 0.5) is 5.82 Å². The number of nitrogens with zero attached hydrogens (tertiary/aromatic N) is 3. The normalized spacial score (nSPS) is 10.5. The highest BCUT2D eigenvalue weighted by molar-refractivity contribution is 7.99. The second-order valence-corrected chi connectivity index (χ2v) is 5.10. The van der Waals surface area contributed by atoms with Crippen LogP contribution in [0.15, 0.2) is 34.2 Å². The summed E-state index contributed by atoms with van der Waals surface area (Å²) >= 11 is 1.12. The van der Waals surface area contributed by atoms with E-state index < -0.39 is 10.9 Å². The van der Waals surface area contributed by atoms with Crippen LogP contribution in [0.5, 0.6) is 0 Å². The Labute approximate surface area is 118 Å². The lowest BCUT2D eigenvalue weighted by molar-refractivity contribution is -0.392. The molecule has 0 spiro atoms. The zero-order valence-electron chi connectivity index (χ0n) is 10.7. The fourth-order valence-corrected chi connectivity index (χ4v) is 2.65. The first-order valence-electron chi connectivity index (χ1n) is 5.59. The zero-order chi connectivity index (χ0) is 14.9. The smallest absolute Gasteiger partial charge is 0.396 e. The summed E-state index contributed by atoms with van der Waals surface area (Å²) in [6.07, 6.45) is 0. The van der Waals surface area contributed by atoms with Crippen LogP contribution in [-0.4, -0.2) is 25.6 Å². The number of aromatic carboxylic acids is 1. The molecule has 0 radical (unpaired) electrons. The van der Waals surface area contributed by atoms with E-state index in [4.69, 9.17) is 5.11 Å². The van der Waals surface area contributed by atoms with Crippen molar-refractivity contribution in [2.75, 3.05) is 0 Å². The molecule has 104 valence electrons. The summed E-state index contributed by atoms with van der Waals surface area (Å²) < 4.78 is 1.61. The van der Waals surface area contributed by atoms with Gasteiger partial charge in [0, 0.05) is 18.9 Å². The lowest BCUT2D eigenvalue weighted by Crippen LogP contribution is -1.97. The molecule has 1 aromatic carbocycles. The maximum atomic E-state index is 11.0. The first kappa shape index (κ1) is 14.1. The Hall–Kier alpha value is -2.35. The van der Waals surface area contributed by atoms with Crippen molar-refractivity contribution in [3.63, 3.8) is 0 Å². The lowest BCUT2D eigenvalue weighted by Gasteiger charge is -2.03. The number of hydrogen-bond acceptors (Lipinski definition) is 5. The van der Waals surface area contributed by atoms with Crippen LogP contribution >= 0.6 is 11.8 Å². The van der Waals surface area contributed by atoms with Gasteiger partial charge >= 0.3 is 11.8 Å². The monoisotopic (exact) mass is 293 g/mol. The summed E-state index contributed by atoms with van der Waals surface area (Å²) in [4.78, 5) is 25.8. The standard InChI is InChI=1S/C12H11N3O4S/c1-7-13-10(15(18)19)11(14(7)2)20-9-5-3-4-8(6-9)12(16)17/h3-6H,1-2H3,(H,16,17). The first-order valence-corrected chi connectivity index (χ1v) is 6.40. The molecule has 0 atom stereocenters. The summed E-state index contributed by atoms with van der Waals surface area (Å²) in [5, 5.41) is 20.3. The number of imidazole rings is 1. The molecule has 2 rings (SSSR count). The highest BCUT2D eigenvalue weighted by Gasteiger charge is 2.24. The van der Waals surface area contributed by atoms with Crippen LogP contribution < -0.4 is 0 Å². The largest absolute Gasteiger partial charge is 0.478 e. The minimum Gasteiger partial charge on any atom is -0.478 e. The summed E-state index contributed by atoms with van der Waals surface area (Å²) in [7, 11) is 1.68. The maximum Gasteiger partial charge on any atom is 0.396 e. The molecule has 0 amide bonds. The Bertz CT molecular complexity index is 696. The molecule has 1 aromatic heterocycles. The molecule has 0 unspecified atom stereocenters. The van der Waals surface area contributed by atoms with Crippen LogP contribution in [0.1, 0.15) is 16.2 Å². The molecule has 7 nitrogen and oxygen atoms in total. The molecule has 8 heteroatoms. The van der Waals surface area contributed by atoms with Gasteiger partial charge in [0.1, 0.15) is 0 Å². The van der Waals surface area contributed by atoms with Gasteiger partial charge in [-0.15, -0.1) is 0 Å². The van der Waals surface area contributed by atoms with Crippen molar-refractivity contribution in [3.05, 3.63) is 45.8 Å². The Morgan fingerprint density at radius 1 is 1.50 bits per heavy atom. The summed E-state index contributed by atoms with van der Waals surface area (Å²) in [6, 6.07) is 6.23. The van der Waals surface area contributed by atoms with E-state index in [-0.39, 0.29) is 11.4 Å². The van der Waals surface area contributed by atoms with E-state index in [0.717, 1.165) is 11.8 Å². The molecule has 0 aliphatic rings. The average molecular weight is 293 g/mol. The quantitative estimate of drug-likeness (QED) is 0.687. The number of carboxylic acids is 1. The molecule has 2 aromatic rings. The third kappa shape index (κ3) is 2.64. The van der Waals surface area contributed by atoms with Crippen molar-refractivity contribution in [1.82, 2.24) is 9.55 Å². The first-order chi connectivity index (χ1) is 9.40. The van der Waals surface area contributed by atoms with Crippen molar-refractivity contribution < 1.29 is 14.8 Å². The third-order valence-electron chi connectivity index (χ3n) is 2.72. The SMILES string of the molecule is Cc1nc([N+](=O)[O-])c(Sc2cccc(C(=O)O)c2)n1C. The number of rotatable bonds is 4. The predicted molar refractivity (Wildman–Crippen MR) is 72.1 cm³/mol. The Morgan fingerprint density at radius 2 is 2.20 bits per heavy atom. The van der Waals surface area contributed by atoms with Crippen LogP contribution in [-0.2, 0) is 7.05 Å². The number of aromatic nitrogens is 2. The van der Waals surface area contributed by atoms with E-state index in [1.54, 1.807) is 30.7 Å². The molecule has 0 saturated heterocycles. The molecule has 0 saturated carbocycles. The second kappa shape index (κ2) is 5.33. The minimum atomic E-state index is -1.04. The van der Waals surface area contributed by atoms with Crippen molar-refractivity contribution in [3.8, 4) is 0 Å². The van der Waals surface area contributed by atoms with Gasteiger partial charge < -0.3 is 15.2 Å². The van der Waals surface area contributed by atoms with Crippen LogP contribution in [0.3, 0.4) is 0 Å². The van der Waals surface area contributed by atoms with Gasteiger partial charge in [-0.2, -0.15) is 0 Å². The molecule has 0 bridgehead atoms. The van der Waals surface area contributed by atoms with E-state index in [2.05, 4.69) is 4.98 Å². The highest BCUT2D eigenvalue weighted by atomic mass is 32.2. The van der Waals surface area contributed by atoms with Crippen LogP contribution in [0.25, 0.3) is 0 Å². The third-order valence-corrected chi connectivity index (χ3v) is 3.86. The number of nitro groups is 1. The second-order valence-electron chi connectivity index (χ2n) is 4.04. The van der Waals surface area contributed by atoms with Gasteiger partial charge in [-0.1, -0.05) is 17.8 Å². The van der Waals surface area contributed by atoms with Crippen molar-refractivity contribution in [1.29, 1.82) is 0 Å². The van der Waals surface area contributed by atoms with Crippen molar-refractivity contribution in [2.45, 2.75) is 16.8 Å². The van der Waals surface area contributed by atoms with Gasteiger partial charge in [-0.05, 0) is 28.1 Å². The maximum absolute atomic E-state index is 11.0. The average Bonchev–Trinajstić information content (AvgIpc) is 2.67. The van der Waals surface area contributed by atoms with Gasteiger partial charge in [0.2, 0.25) is 5.82 Å². The number of carbonyl (C=O) groups is 1. The van der Waals surface area contributed by atoms with Crippen molar-refractivity contribution in [2.24, 2.45) is 7.05 Å². The molecule has 1 heterocycles. The highest BCUT2D eigenvalue weighted by Crippen LogP contribution is 2.34. The molecule has 0 aliphatic carbocycles. The van der Waals surface area contributed by atoms with Gasteiger partial charge in [-0.3, -0.25) is 4.57 Å². The van der Waals surface area contributed by atoms with E-state index in [1.807, 2.05) is 0 Å². The van der Waals surface area contributed by atoms with E-state index >= 15 is 0 Å². The van der Waals surface area contributed by atoms with Crippen LogP contribution in [0.2, 0.25) is 0 Å². The molecule has 0 fully saturated rings. The van der Waals surface area contributed by atoms with Crippen LogP contribution in [0, 0.1) is 17.0 Å². The molecular formula is C12H11N3O4S. The number of carboxylic acid groups (broad SMARTS) is 1. The van der Waals surface area contributed by atoms with Gasteiger partial charge in [-0.25, -0.2) is 4.79 Å². The minimum absolute atomic E-state index is 0.136. The number of hydrogen-bond donors (Lipinski definition) is 1. The van der Waals surface area contributed by atoms with Gasteiger partial charge in [0.25, 0.3) is 0 Å². The summed E-state index contributed by atoms with van der Waals surface area (Å²) in [5.74, 6) is -0.743. The van der Waals surface area contributed by atoms with Crippen molar-refractivity contribution >= 4 is 23.5 Å². The predicted octanol–water partition coefficient (Wildman–Crippen LogP) is 2.49. The Kier molecular flexibility index (Phi) is 3.75. The van der Waals surface area contributed by atoms with E-state index in [1.165, 1.54) is 12.1 Å². The number of benzene rings is 1. The lowest BCUT2D eigenvalue weighted by atomic mass is 10.2. The summed E-state index contributed by atoms with van der Waals surface area (Å²) in [5.41, 5.74) is 0.136. The zero-order valence-corrected chi connectivity index (χ0v) is 11.5.